The molecular formula is C9H16Cl3NO. The fourth-order valence-corrected chi connectivity index (χ4v) is 0.534. The number of primary amides is 1. The molecule has 0 aliphatic heterocycles. The number of amides is 1. The molecule has 2 nitrogen and oxygen atoms in total. The summed E-state index contributed by atoms with van der Waals surface area (Å²) >= 11 is 0. The molecule has 0 unspecified atom stereocenters. The van der Waals surface area contributed by atoms with Gasteiger partial charge in [-0.2, -0.15) is 0 Å². The standard InChI is InChI=1S/C7H8.C2H5NO.3ClH/c1-7-5-3-2-4-6-7;1-2(3)4;;;/h2-6H,1H3;1H3,(H2,3,4);3*1H. The third kappa shape index (κ3) is 22.6. The molecule has 84 valence electrons. The molecule has 14 heavy (non-hydrogen) atoms. The van der Waals surface area contributed by atoms with Crippen molar-refractivity contribution >= 4 is 43.1 Å². The van der Waals surface area contributed by atoms with Gasteiger partial charge in [0.05, 0.1) is 0 Å². The van der Waals surface area contributed by atoms with E-state index in [1.165, 1.54) is 12.5 Å². The molecule has 0 saturated heterocycles. The molecule has 0 aromatic heterocycles. The van der Waals surface area contributed by atoms with Crippen molar-refractivity contribution in [1.29, 1.82) is 0 Å². The first-order valence-electron chi connectivity index (χ1n) is 3.40. The van der Waals surface area contributed by atoms with E-state index in [-0.39, 0.29) is 43.1 Å². The lowest BCUT2D eigenvalue weighted by atomic mass is 10.2. The number of aryl methyl sites for hydroxylation is 1. The Morgan fingerprint density at radius 2 is 1.36 bits per heavy atom. The Labute approximate surface area is 103 Å². The van der Waals surface area contributed by atoms with Gasteiger partial charge < -0.3 is 5.73 Å². The molecule has 0 radical (unpaired) electrons. The molecule has 0 saturated carbocycles. The number of benzene rings is 1. The zero-order chi connectivity index (χ0) is 8.69. The van der Waals surface area contributed by atoms with Gasteiger partial charge in [-0.05, 0) is 6.92 Å². The van der Waals surface area contributed by atoms with Crippen LogP contribution in [-0.2, 0) is 4.79 Å². The highest BCUT2D eigenvalue weighted by Gasteiger charge is 1.72. The van der Waals surface area contributed by atoms with Crippen molar-refractivity contribution in [2.75, 3.05) is 0 Å². The van der Waals surface area contributed by atoms with Gasteiger partial charge in [-0.3, -0.25) is 4.79 Å². The minimum Gasteiger partial charge on any atom is -0.370 e. The summed E-state index contributed by atoms with van der Waals surface area (Å²) in [7, 11) is 0. The van der Waals surface area contributed by atoms with Crippen LogP contribution >= 0.6 is 37.2 Å². The zero-order valence-electron chi connectivity index (χ0n) is 8.10. The Morgan fingerprint density at radius 3 is 1.50 bits per heavy atom. The molecule has 1 aromatic rings. The second-order valence-corrected chi connectivity index (χ2v) is 2.27. The minimum atomic E-state index is -0.333. The molecule has 0 fully saturated rings. The SMILES string of the molecule is CC(N)=O.Cc1ccccc1.Cl.Cl.Cl. The van der Waals surface area contributed by atoms with E-state index in [1.807, 2.05) is 18.2 Å². The van der Waals surface area contributed by atoms with Crippen LogP contribution in [0.3, 0.4) is 0 Å². The highest BCUT2D eigenvalue weighted by atomic mass is 35.5. The largest absolute Gasteiger partial charge is 0.370 e. The van der Waals surface area contributed by atoms with E-state index in [1.54, 1.807) is 0 Å². The summed E-state index contributed by atoms with van der Waals surface area (Å²) < 4.78 is 0. The summed E-state index contributed by atoms with van der Waals surface area (Å²) in [5.41, 5.74) is 5.79. The Kier molecular flexibility index (Phi) is 25.2. The summed E-state index contributed by atoms with van der Waals surface area (Å²) in [6.45, 7) is 3.39. The lowest BCUT2D eigenvalue weighted by Gasteiger charge is -1.82. The van der Waals surface area contributed by atoms with Gasteiger partial charge in [0.25, 0.3) is 0 Å². The van der Waals surface area contributed by atoms with Gasteiger partial charge in [-0.1, -0.05) is 35.9 Å². The number of rotatable bonds is 0. The maximum absolute atomic E-state index is 9.22. The monoisotopic (exact) mass is 259 g/mol. The van der Waals surface area contributed by atoms with Crippen molar-refractivity contribution in [3.8, 4) is 0 Å². The van der Waals surface area contributed by atoms with E-state index in [0.29, 0.717) is 0 Å². The first-order chi connectivity index (χ1) is 5.13. The fourth-order valence-electron chi connectivity index (χ4n) is 0.534. The third-order valence-corrected chi connectivity index (χ3v) is 0.940. The number of halogens is 3. The van der Waals surface area contributed by atoms with Crippen LogP contribution in [0, 0.1) is 6.92 Å². The van der Waals surface area contributed by atoms with Gasteiger partial charge >= 0.3 is 0 Å². The number of hydrogen-bond donors (Lipinski definition) is 1. The van der Waals surface area contributed by atoms with Crippen molar-refractivity contribution in [2.24, 2.45) is 5.73 Å². The summed E-state index contributed by atoms with van der Waals surface area (Å²) in [6, 6.07) is 10.3. The lowest BCUT2D eigenvalue weighted by molar-refractivity contribution is -0.115. The predicted molar refractivity (Wildman–Crippen MR) is 67.8 cm³/mol. The topological polar surface area (TPSA) is 43.1 Å². The van der Waals surface area contributed by atoms with Gasteiger partial charge in [0.2, 0.25) is 5.91 Å². The number of hydrogen-bond acceptors (Lipinski definition) is 1. The molecule has 2 N–H and O–H groups in total. The van der Waals surface area contributed by atoms with Crippen LogP contribution in [0.1, 0.15) is 12.5 Å². The van der Waals surface area contributed by atoms with Gasteiger partial charge in [-0.25, -0.2) is 0 Å². The normalized spacial score (nSPS) is 6.14. The maximum atomic E-state index is 9.22. The fraction of sp³-hybridized carbons (Fsp3) is 0.222. The number of carbonyl (C=O) groups is 1. The third-order valence-electron chi connectivity index (χ3n) is 0.940. The summed E-state index contributed by atoms with van der Waals surface area (Å²) in [4.78, 5) is 9.22. The summed E-state index contributed by atoms with van der Waals surface area (Å²) in [5, 5.41) is 0. The molecular weight excluding hydrogens is 244 g/mol. The van der Waals surface area contributed by atoms with Gasteiger partial charge in [0, 0.05) is 6.92 Å². The Bertz CT molecular complexity index is 213. The molecule has 1 aromatic carbocycles. The molecule has 5 heteroatoms. The summed E-state index contributed by atoms with van der Waals surface area (Å²) in [5.74, 6) is -0.333. The minimum absolute atomic E-state index is 0. The second kappa shape index (κ2) is 15.1. The molecule has 0 spiro atoms. The average molecular weight is 261 g/mol. The van der Waals surface area contributed by atoms with Crippen LogP contribution in [-0.4, -0.2) is 5.91 Å². The van der Waals surface area contributed by atoms with Crippen LogP contribution in [0.25, 0.3) is 0 Å². The highest BCUT2D eigenvalue weighted by Crippen LogP contribution is 1.92. The maximum Gasteiger partial charge on any atom is 0.214 e. The zero-order valence-corrected chi connectivity index (χ0v) is 10.5. The van der Waals surface area contributed by atoms with E-state index < -0.39 is 0 Å². The van der Waals surface area contributed by atoms with Gasteiger partial charge in [0.15, 0.2) is 0 Å². The highest BCUT2D eigenvalue weighted by molar-refractivity contribution is 5.86. The van der Waals surface area contributed by atoms with Crippen LogP contribution in [0.2, 0.25) is 0 Å². The first kappa shape index (κ1) is 23.4. The van der Waals surface area contributed by atoms with E-state index in [9.17, 15) is 4.79 Å². The number of nitrogens with two attached hydrogens (primary N) is 1. The lowest BCUT2D eigenvalue weighted by Crippen LogP contribution is -2.01. The van der Waals surface area contributed by atoms with Gasteiger partial charge in [-0.15, -0.1) is 37.2 Å². The first-order valence-corrected chi connectivity index (χ1v) is 3.40. The van der Waals surface area contributed by atoms with Crippen molar-refractivity contribution in [2.45, 2.75) is 13.8 Å². The van der Waals surface area contributed by atoms with E-state index in [4.69, 9.17) is 0 Å². The quantitative estimate of drug-likeness (QED) is 0.766. The van der Waals surface area contributed by atoms with E-state index in [2.05, 4.69) is 24.8 Å². The van der Waals surface area contributed by atoms with E-state index >= 15 is 0 Å². The van der Waals surface area contributed by atoms with Crippen LogP contribution < -0.4 is 5.73 Å². The molecule has 1 rings (SSSR count). The molecule has 1 amide bonds. The van der Waals surface area contributed by atoms with Crippen molar-refractivity contribution in [3.05, 3.63) is 35.9 Å². The Morgan fingerprint density at radius 1 is 1.07 bits per heavy atom. The number of carbonyl (C=O) groups excluding carboxylic acids is 1. The average Bonchev–Trinajstić information content (AvgIpc) is 1.87. The smallest absolute Gasteiger partial charge is 0.214 e. The molecule has 0 heterocycles. The molecule has 0 aliphatic carbocycles. The van der Waals surface area contributed by atoms with Crippen LogP contribution in [0.4, 0.5) is 0 Å². The Hall–Kier alpha value is -0.440. The van der Waals surface area contributed by atoms with Crippen molar-refractivity contribution in [3.63, 3.8) is 0 Å². The molecule has 0 atom stereocenters. The van der Waals surface area contributed by atoms with Crippen LogP contribution in [0.15, 0.2) is 30.3 Å². The van der Waals surface area contributed by atoms with Crippen molar-refractivity contribution in [1.82, 2.24) is 0 Å². The van der Waals surface area contributed by atoms with Crippen LogP contribution in [0.5, 0.6) is 0 Å². The molecule has 0 bridgehead atoms. The second-order valence-electron chi connectivity index (χ2n) is 2.27. The molecule has 0 aliphatic rings. The van der Waals surface area contributed by atoms with Gasteiger partial charge in [0.1, 0.15) is 0 Å². The van der Waals surface area contributed by atoms with Crippen molar-refractivity contribution < 1.29 is 4.79 Å². The Balaban J connectivity index is -0.0000000650. The van der Waals surface area contributed by atoms with E-state index in [0.717, 1.165) is 0 Å². The summed E-state index contributed by atoms with van der Waals surface area (Å²) in [6.07, 6.45) is 0. The predicted octanol–water partition coefficient (Wildman–Crippen LogP) is 2.75.